The summed E-state index contributed by atoms with van der Waals surface area (Å²) in [6.45, 7) is 0.811. The standard InChI is InChI=1S/C17H17N5O/c23-17-12(10-1-2-10)4-6-22(17)15-3-5-18-16-13(15)7-14(21-16)11-8-19-20-9-11/h3,5,7-10,12H,1-2,4,6H2,(H,18,21)(H,19,20). The number of hydrogen-bond acceptors (Lipinski definition) is 3. The van der Waals surface area contributed by atoms with E-state index in [1.165, 1.54) is 12.8 Å². The number of amides is 1. The maximum atomic E-state index is 12.7. The maximum Gasteiger partial charge on any atom is 0.230 e. The van der Waals surface area contributed by atoms with E-state index < -0.39 is 0 Å². The van der Waals surface area contributed by atoms with E-state index in [-0.39, 0.29) is 11.8 Å². The molecule has 6 nitrogen and oxygen atoms in total. The minimum absolute atomic E-state index is 0.227. The van der Waals surface area contributed by atoms with Crippen LogP contribution in [0, 0.1) is 11.8 Å². The summed E-state index contributed by atoms with van der Waals surface area (Å²) in [5.41, 5.74) is 3.71. The Balaban J connectivity index is 1.57. The van der Waals surface area contributed by atoms with Crippen molar-refractivity contribution in [1.29, 1.82) is 0 Å². The number of rotatable bonds is 3. The molecule has 1 aliphatic carbocycles. The second kappa shape index (κ2) is 4.68. The Morgan fingerprint density at radius 2 is 2.17 bits per heavy atom. The van der Waals surface area contributed by atoms with Crippen LogP contribution in [0.5, 0.6) is 0 Å². The van der Waals surface area contributed by atoms with Gasteiger partial charge in [0.05, 0.1) is 17.6 Å². The van der Waals surface area contributed by atoms with Crippen LogP contribution in [0.4, 0.5) is 5.69 Å². The van der Waals surface area contributed by atoms with Crippen molar-refractivity contribution in [3.63, 3.8) is 0 Å². The molecule has 1 amide bonds. The normalized spacial score (nSPS) is 21.5. The number of pyridine rings is 1. The van der Waals surface area contributed by atoms with E-state index >= 15 is 0 Å². The summed E-state index contributed by atoms with van der Waals surface area (Å²) in [6, 6.07) is 4.00. The number of nitrogens with zero attached hydrogens (tertiary/aromatic N) is 3. The van der Waals surface area contributed by atoms with Gasteiger partial charge in [0.2, 0.25) is 5.91 Å². The number of aromatic amines is 2. The first-order valence-corrected chi connectivity index (χ1v) is 8.09. The van der Waals surface area contributed by atoms with Gasteiger partial charge >= 0.3 is 0 Å². The number of fused-ring (bicyclic) bond motifs is 1. The SMILES string of the molecule is O=C1C(C2CC2)CCN1c1ccnc2[nH]c(-c3cn[nH]c3)cc12. The Morgan fingerprint density at radius 1 is 1.26 bits per heavy atom. The van der Waals surface area contributed by atoms with E-state index in [4.69, 9.17) is 0 Å². The number of hydrogen-bond donors (Lipinski definition) is 2. The van der Waals surface area contributed by atoms with Gasteiger partial charge < -0.3 is 9.88 Å². The van der Waals surface area contributed by atoms with Crippen molar-refractivity contribution in [1.82, 2.24) is 20.2 Å². The van der Waals surface area contributed by atoms with Crippen molar-refractivity contribution in [3.05, 3.63) is 30.7 Å². The molecular formula is C17H17N5O. The zero-order valence-electron chi connectivity index (χ0n) is 12.6. The summed E-state index contributed by atoms with van der Waals surface area (Å²) in [5.74, 6) is 1.13. The van der Waals surface area contributed by atoms with Crippen molar-refractivity contribution < 1.29 is 4.79 Å². The molecule has 5 rings (SSSR count). The van der Waals surface area contributed by atoms with Gasteiger partial charge in [-0.1, -0.05) is 0 Å². The molecule has 2 N–H and O–H groups in total. The second-order valence-corrected chi connectivity index (χ2v) is 6.48. The number of aromatic nitrogens is 4. The molecule has 0 aromatic carbocycles. The number of anilines is 1. The third kappa shape index (κ3) is 1.98. The van der Waals surface area contributed by atoms with E-state index in [0.717, 1.165) is 40.9 Å². The van der Waals surface area contributed by atoms with Gasteiger partial charge in [-0.3, -0.25) is 9.89 Å². The van der Waals surface area contributed by atoms with E-state index in [0.29, 0.717) is 5.92 Å². The molecule has 4 heterocycles. The fourth-order valence-electron chi connectivity index (χ4n) is 3.68. The molecule has 0 radical (unpaired) electrons. The second-order valence-electron chi connectivity index (χ2n) is 6.48. The maximum absolute atomic E-state index is 12.7. The average molecular weight is 307 g/mol. The third-order valence-electron chi connectivity index (χ3n) is 5.05. The van der Waals surface area contributed by atoms with Gasteiger partial charge in [-0.2, -0.15) is 5.10 Å². The van der Waals surface area contributed by atoms with E-state index in [1.807, 2.05) is 17.2 Å². The number of carbonyl (C=O) groups is 1. The molecule has 2 aliphatic rings. The summed E-state index contributed by atoms with van der Waals surface area (Å²) in [6.07, 6.45) is 8.79. The predicted octanol–water partition coefficient (Wildman–Crippen LogP) is 2.72. The Hall–Kier alpha value is -2.63. The highest BCUT2D eigenvalue weighted by Crippen LogP contribution is 2.43. The third-order valence-corrected chi connectivity index (χ3v) is 5.05. The quantitative estimate of drug-likeness (QED) is 0.781. The topological polar surface area (TPSA) is 77.7 Å². The van der Waals surface area contributed by atoms with Gasteiger partial charge in [0.1, 0.15) is 5.65 Å². The lowest BCUT2D eigenvalue weighted by Crippen LogP contribution is -2.27. The lowest BCUT2D eigenvalue weighted by Gasteiger charge is -2.17. The van der Waals surface area contributed by atoms with Gasteiger partial charge in [-0.15, -0.1) is 0 Å². The van der Waals surface area contributed by atoms with Gasteiger partial charge in [-0.05, 0) is 37.3 Å². The highest BCUT2D eigenvalue weighted by atomic mass is 16.2. The molecule has 1 atom stereocenters. The molecule has 2 fully saturated rings. The Labute approximate surface area is 132 Å². The molecule has 23 heavy (non-hydrogen) atoms. The summed E-state index contributed by atoms with van der Waals surface area (Å²) in [4.78, 5) is 22.4. The highest BCUT2D eigenvalue weighted by molar-refractivity contribution is 6.05. The zero-order chi connectivity index (χ0) is 15.4. The van der Waals surface area contributed by atoms with Crippen LogP contribution in [-0.2, 0) is 4.79 Å². The Morgan fingerprint density at radius 3 is 2.96 bits per heavy atom. The molecule has 3 aromatic rings. The van der Waals surface area contributed by atoms with Crippen LogP contribution in [-0.4, -0.2) is 32.6 Å². The summed E-state index contributed by atoms with van der Waals surface area (Å²) in [5, 5.41) is 7.80. The summed E-state index contributed by atoms with van der Waals surface area (Å²) in [7, 11) is 0. The molecule has 3 aromatic heterocycles. The summed E-state index contributed by atoms with van der Waals surface area (Å²) >= 11 is 0. The molecule has 0 spiro atoms. The number of carbonyl (C=O) groups excluding carboxylic acids is 1. The number of nitrogens with one attached hydrogen (secondary N) is 2. The average Bonchev–Trinajstić information content (AvgIpc) is 3.00. The molecule has 1 unspecified atom stereocenters. The Kier molecular flexibility index (Phi) is 2.62. The highest BCUT2D eigenvalue weighted by Gasteiger charge is 2.42. The van der Waals surface area contributed by atoms with Crippen molar-refractivity contribution in [2.75, 3.05) is 11.4 Å². The minimum Gasteiger partial charge on any atom is -0.339 e. The minimum atomic E-state index is 0.227. The first-order chi connectivity index (χ1) is 11.3. The van der Waals surface area contributed by atoms with Gasteiger partial charge in [-0.25, -0.2) is 4.98 Å². The molecule has 1 saturated heterocycles. The van der Waals surface area contributed by atoms with Crippen LogP contribution in [0.25, 0.3) is 22.3 Å². The van der Waals surface area contributed by atoms with Crippen molar-refractivity contribution in [2.45, 2.75) is 19.3 Å². The number of H-pyrrole nitrogens is 2. The van der Waals surface area contributed by atoms with E-state index in [1.54, 1.807) is 12.4 Å². The first kappa shape index (κ1) is 12.9. The molecule has 116 valence electrons. The van der Waals surface area contributed by atoms with Gasteiger partial charge in [0.25, 0.3) is 0 Å². The first-order valence-electron chi connectivity index (χ1n) is 8.09. The van der Waals surface area contributed by atoms with Gasteiger partial charge in [0, 0.05) is 35.8 Å². The smallest absolute Gasteiger partial charge is 0.230 e. The summed E-state index contributed by atoms with van der Waals surface area (Å²) < 4.78 is 0. The van der Waals surface area contributed by atoms with Crippen LogP contribution in [0.2, 0.25) is 0 Å². The van der Waals surface area contributed by atoms with E-state index in [9.17, 15) is 4.79 Å². The van der Waals surface area contributed by atoms with E-state index in [2.05, 4.69) is 26.2 Å². The molecular weight excluding hydrogens is 290 g/mol. The fourth-order valence-corrected chi connectivity index (χ4v) is 3.68. The van der Waals surface area contributed by atoms with Crippen LogP contribution in [0.1, 0.15) is 19.3 Å². The fraction of sp³-hybridized carbons (Fsp3) is 0.353. The lowest BCUT2D eigenvalue weighted by atomic mass is 10.0. The molecule has 1 aliphatic heterocycles. The Bertz CT molecular complexity index is 878. The van der Waals surface area contributed by atoms with Crippen LogP contribution in [0.3, 0.4) is 0 Å². The molecule has 6 heteroatoms. The van der Waals surface area contributed by atoms with Crippen LogP contribution < -0.4 is 4.90 Å². The monoisotopic (exact) mass is 307 g/mol. The van der Waals surface area contributed by atoms with Crippen LogP contribution >= 0.6 is 0 Å². The van der Waals surface area contributed by atoms with Crippen molar-refractivity contribution >= 4 is 22.6 Å². The van der Waals surface area contributed by atoms with Crippen molar-refractivity contribution in [3.8, 4) is 11.3 Å². The molecule has 0 bridgehead atoms. The van der Waals surface area contributed by atoms with Gasteiger partial charge in [0.15, 0.2) is 0 Å². The molecule has 1 saturated carbocycles. The zero-order valence-corrected chi connectivity index (χ0v) is 12.6. The van der Waals surface area contributed by atoms with Crippen LogP contribution in [0.15, 0.2) is 30.7 Å². The lowest BCUT2D eigenvalue weighted by molar-refractivity contribution is -0.120. The predicted molar refractivity (Wildman–Crippen MR) is 86.9 cm³/mol. The largest absolute Gasteiger partial charge is 0.339 e. The van der Waals surface area contributed by atoms with Crippen molar-refractivity contribution in [2.24, 2.45) is 11.8 Å².